The highest BCUT2D eigenvalue weighted by Crippen LogP contribution is 2.17. The Labute approximate surface area is 66.8 Å². The van der Waals surface area contributed by atoms with Crippen LogP contribution >= 0.6 is 0 Å². The molecule has 0 amide bonds. The molecule has 0 radical (unpaired) electrons. The van der Waals surface area contributed by atoms with Gasteiger partial charge >= 0.3 is 0 Å². The quantitative estimate of drug-likeness (QED) is 0.550. The second-order valence-electron chi connectivity index (χ2n) is 2.95. The van der Waals surface area contributed by atoms with E-state index >= 15 is 0 Å². The van der Waals surface area contributed by atoms with Gasteiger partial charge in [-0.15, -0.1) is 0 Å². The topological polar surface area (TPSA) is 12.0 Å². The number of allylic oxidation sites excluding steroid dienone is 6. The maximum atomic E-state index is 3.17. The minimum absolute atomic E-state index is 0.487. The Bertz CT molecular complexity index is 277. The number of hydrogen-bond acceptors (Lipinski definition) is 1. The Balaban J connectivity index is 2.37. The SMILES string of the molecule is CC1=CC2C=CNC(=C2)C=C1. The summed E-state index contributed by atoms with van der Waals surface area (Å²) in [5.74, 6) is 0.487. The van der Waals surface area contributed by atoms with E-state index in [1.54, 1.807) is 0 Å². The van der Waals surface area contributed by atoms with Crippen LogP contribution in [0, 0.1) is 5.92 Å². The van der Waals surface area contributed by atoms with Gasteiger partial charge in [-0.1, -0.05) is 29.9 Å². The highest BCUT2D eigenvalue weighted by molar-refractivity contribution is 5.36. The van der Waals surface area contributed by atoms with Crippen molar-refractivity contribution in [3.05, 3.63) is 47.9 Å². The molecular weight excluding hydrogens is 134 g/mol. The predicted octanol–water partition coefficient (Wildman–Crippen LogP) is 2.12. The minimum atomic E-state index is 0.487. The second kappa shape index (κ2) is 2.42. The van der Waals surface area contributed by atoms with Crippen LogP contribution in [0.3, 0.4) is 0 Å². The van der Waals surface area contributed by atoms with Gasteiger partial charge in [0.05, 0.1) is 0 Å². The summed E-state index contributed by atoms with van der Waals surface area (Å²) in [6.45, 7) is 2.12. The first-order valence-corrected chi connectivity index (χ1v) is 3.86. The molecule has 2 rings (SSSR count). The molecule has 0 saturated carbocycles. The molecule has 0 aromatic carbocycles. The van der Waals surface area contributed by atoms with Crippen molar-refractivity contribution in [2.45, 2.75) is 6.92 Å². The molecule has 0 aromatic heterocycles. The van der Waals surface area contributed by atoms with Crippen molar-refractivity contribution < 1.29 is 0 Å². The standard InChI is InChI=1S/C10H11N/c1-8-2-3-10-7-9(6-8)4-5-11-10/h2-7,9,11H,1H3. The van der Waals surface area contributed by atoms with Crippen LogP contribution in [0.4, 0.5) is 0 Å². The summed E-state index contributed by atoms with van der Waals surface area (Å²) in [7, 11) is 0. The van der Waals surface area contributed by atoms with E-state index in [1.807, 2.05) is 6.20 Å². The monoisotopic (exact) mass is 145 g/mol. The summed E-state index contributed by atoms with van der Waals surface area (Å²) in [4.78, 5) is 0. The summed E-state index contributed by atoms with van der Waals surface area (Å²) in [5, 5.41) is 3.17. The lowest BCUT2D eigenvalue weighted by molar-refractivity contribution is 0.943. The van der Waals surface area contributed by atoms with Crippen LogP contribution in [-0.4, -0.2) is 0 Å². The smallest absolute Gasteiger partial charge is 0.0348 e. The summed E-state index contributed by atoms with van der Waals surface area (Å²) in [6, 6.07) is 0. The van der Waals surface area contributed by atoms with E-state index in [1.165, 1.54) is 11.3 Å². The third kappa shape index (κ3) is 1.27. The third-order valence-corrected chi connectivity index (χ3v) is 1.92. The zero-order valence-corrected chi connectivity index (χ0v) is 6.54. The molecule has 11 heavy (non-hydrogen) atoms. The minimum Gasteiger partial charge on any atom is -0.362 e. The Morgan fingerprint density at radius 2 is 2.18 bits per heavy atom. The van der Waals surface area contributed by atoms with E-state index in [4.69, 9.17) is 0 Å². The van der Waals surface area contributed by atoms with Crippen LogP contribution in [0.5, 0.6) is 0 Å². The number of dihydropyridines is 1. The lowest BCUT2D eigenvalue weighted by atomic mass is 10.1. The van der Waals surface area contributed by atoms with E-state index in [-0.39, 0.29) is 0 Å². The van der Waals surface area contributed by atoms with Gasteiger partial charge in [0.2, 0.25) is 0 Å². The fourth-order valence-corrected chi connectivity index (χ4v) is 1.35. The maximum absolute atomic E-state index is 3.17. The van der Waals surface area contributed by atoms with Crippen LogP contribution in [0.15, 0.2) is 47.9 Å². The third-order valence-electron chi connectivity index (χ3n) is 1.92. The molecule has 0 aromatic rings. The first-order chi connectivity index (χ1) is 5.34. The largest absolute Gasteiger partial charge is 0.362 e. The first kappa shape index (κ1) is 6.47. The average Bonchev–Trinajstić information content (AvgIpc) is 2.12. The summed E-state index contributed by atoms with van der Waals surface area (Å²) in [6.07, 6.45) is 12.9. The Morgan fingerprint density at radius 1 is 1.27 bits per heavy atom. The first-order valence-electron chi connectivity index (χ1n) is 3.86. The fraction of sp³-hybridized carbons (Fsp3) is 0.200. The Kier molecular flexibility index (Phi) is 1.42. The predicted molar refractivity (Wildman–Crippen MR) is 46.7 cm³/mol. The van der Waals surface area contributed by atoms with Crippen molar-refractivity contribution in [3.63, 3.8) is 0 Å². The molecular formula is C10H11N. The molecule has 1 heteroatoms. The van der Waals surface area contributed by atoms with Gasteiger partial charge in [-0.25, -0.2) is 0 Å². The van der Waals surface area contributed by atoms with E-state index in [2.05, 4.69) is 42.6 Å². The Hall–Kier alpha value is -1.24. The van der Waals surface area contributed by atoms with Crippen molar-refractivity contribution in [3.8, 4) is 0 Å². The average molecular weight is 145 g/mol. The molecule has 1 atom stereocenters. The van der Waals surface area contributed by atoms with Crippen LogP contribution in [0.25, 0.3) is 0 Å². The molecule has 0 fully saturated rings. The molecule has 2 bridgehead atoms. The van der Waals surface area contributed by atoms with Gasteiger partial charge in [0.1, 0.15) is 0 Å². The van der Waals surface area contributed by atoms with Crippen molar-refractivity contribution >= 4 is 0 Å². The number of nitrogens with one attached hydrogen (secondary N) is 1. The van der Waals surface area contributed by atoms with Crippen LogP contribution in [-0.2, 0) is 0 Å². The van der Waals surface area contributed by atoms with E-state index in [0.29, 0.717) is 5.92 Å². The lowest BCUT2D eigenvalue weighted by Gasteiger charge is -2.09. The highest BCUT2D eigenvalue weighted by atomic mass is 14.8. The van der Waals surface area contributed by atoms with Crippen molar-refractivity contribution in [2.24, 2.45) is 5.92 Å². The van der Waals surface area contributed by atoms with E-state index in [9.17, 15) is 0 Å². The van der Waals surface area contributed by atoms with Crippen LogP contribution < -0.4 is 5.32 Å². The molecule has 56 valence electrons. The van der Waals surface area contributed by atoms with Gasteiger partial charge in [0, 0.05) is 11.6 Å². The zero-order chi connectivity index (χ0) is 7.68. The van der Waals surface area contributed by atoms with Crippen LogP contribution in [0.2, 0.25) is 0 Å². The Morgan fingerprint density at radius 3 is 3.09 bits per heavy atom. The number of hydrogen-bond donors (Lipinski definition) is 1. The normalized spacial score (nSPS) is 26.8. The summed E-state index contributed by atoms with van der Waals surface area (Å²) >= 11 is 0. The summed E-state index contributed by atoms with van der Waals surface area (Å²) < 4.78 is 0. The zero-order valence-electron chi connectivity index (χ0n) is 6.54. The number of rotatable bonds is 0. The molecule has 1 N–H and O–H groups in total. The second-order valence-corrected chi connectivity index (χ2v) is 2.95. The van der Waals surface area contributed by atoms with E-state index < -0.39 is 0 Å². The summed E-state index contributed by atoms with van der Waals surface area (Å²) in [5.41, 5.74) is 2.53. The van der Waals surface area contributed by atoms with Crippen molar-refractivity contribution in [1.82, 2.24) is 5.32 Å². The fourth-order valence-electron chi connectivity index (χ4n) is 1.35. The molecule has 1 aliphatic heterocycles. The molecule has 1 unspecified atom stereocenters. The number of fused-ring (bicyclic) bond motifs is 1. The van der Waals surface area contributed by atoms with Crippen molar-refractivity contribution in [1.29, 1.82) is 0 Å². The molecule has 1 heterocycles. The van der Waals surface area contributed by atoms with Gasteiger partial charge in [-0.2, -0.15) is 0 Å². The molecule has 1 aliphatic carbocycles. The van der Waals surface area contributed by atoms with Gasteiger partial charge in [-0.3, -0.25) is 0 Å². The highest BCUT2D eigenvalue weighted by Gasteiger charge is 2.05. The molecule has 1 nitrogen and oxygen atoms in total. The molecule has 0 spiro atoms. The van der Waals surface area contributed by atoms with Gasteiger partial charge in [0.15, 0.2) is 0 Å². The molecule has 0 saturated heterocycles. The van der Waals surface area contributed by atoms with Crippen molar-refractivity contribution in [2.75, 3.05) is 0 Å². The lowest BCUT2D eigenvalue weighted by Crippen LogP contribution is -2.08. The maximum Gasteiger partial charge on any atom is 0.0348 e. The van der Waals surface area contributed by atoms with Gasteiger partial charge in [-0.05, 0) is 19.2 Å². The van der Waals surface area contributed by atoms with Crippen LogP contribution in [0.1, 0.15) is 6.92 Å². The van der Waals surface area contributed by atoms with Gasteiger partial charge < -0.3 is 5.32 Å². The van der Waals surface area contributed by atoms with E-state index in [0.717, 1.165) is 0 Å². The molecule has 2 aliphatic rings. The van der Waals surface area contributed by atoms with Gasteiger partial charge in [0.25, 0.3) is 0 Å².